The highest BCUT2D eigenvalue weighted by Crippen LogP contribution is 2.13. The lowest BCUT2D eigenvalue weighted by atomic mass is 10.2. The molecule has 0 unspecified atom stereocenters. The zero-order valence-corrected chi connectivity index (χ0v) is 14.2. The average Bonchev–Trinajstić information content (AvgIpc) is 2.54. The van der Waals surface area contributed by atoms with Crippen LogP contribution in [-0.2, 0) is 11.3 Å². The molecule has 0 spiro atoms. The lowest BCUT2D eigenvalue weighted by Gasteiger charge is -2.33. The number of nitrogens with zero attached hydrogens (tertiary/aromatic N) is 3. The van der Waals surface area contributed by atoms with Crippen molar-refractivity contribution >= 4 is 11.8 Å². The smallest absolute Gasteiger partial charge is 0.315 e. The van der Waals surface area contributed by atoms with E-state index in [2.05, 4.69) is 32.5 Å². The third kappa shape index (κ3) is 5.69. The topological polar surface area (TPSA) is 69.7 Å². The molecule has 2 amide bonds. The number of anilines is 1. The van der Waals surface area contributed by atoms with Gasteiger partial charge in [-0.15, -0.1) is 0 Å². The van der Waals surface area contributed by atoms with Crippen molar-refractivity contribution < 1.29 is 9.53 Å². The van der Waals surface area contributed by atoms with Gasteiger partial charge in [-0.05, 0) is 25.6 Å². The average molecular weight is 321 g/mol. The number of aromatic nitrogens is 1. The first-order chi connectivity index (χ1) is 11.1. The fourth-order valence-corrected chi connectivity index (χ4v) is 2.49. The summed E-state index contributed by atoms with van der Waals surface area (Å²) in [6.45, 7) is 6.98. The summed E-state index contributed by atoms with van der Waals surface area (Å²) in [4.78, 5) is 20.9. The van der Waals surface area contributed by atoms with Crippen LogP contribution in [0.25, 0.3) is 0 Å². The summed E-state index contributed by atoms with van der Waals surface area (Å²) in [6, 6.07) is 3.82. The number of piperazine rings is 1. The highest BCUT2D eigenvalue weighted by Gasteiger charge is 2.15. The predicted octanol–water partition coefficient (Wildman–Crippen LogP) is 0.668. The first kappa shape index (κ1) is 17.5. The molecule has 0 aliphatic carbocycles. The summed E-state index contributed by atoms with van der Waals surface area (Å²) < 4.78 is 4.98. The van der Waals surface area contributed by atoms with Gasteiger partial charge in [0.1, 0.15) is 5.82 Å². The molecule has 0 saturated carbocycles. The predicted molar refractivity (Wildman–Crippen MR) is 90.7 cm³/mol. The first-order valence-corrected chi connectivity index (χ1v) is 8.00. The van der Waals surface area contributed by atoms with Crippen LogP contribution in [0.3, 0.4) is 0 Å². The van der Waals surface area contributed by atoms with E-state index in [0.29, 0.717) is 13.2 Å². The number of rotatable bonds is 6. The molecule has 2 rings (SSSR count). The van der Waals surface area contributed by atoms with Crippen molar-refractivity contribution in [2.45, 2.75) is 19.5 Å². The molecule has 1 aromatic rings. The molecule has 128 valence electrons. The van der Waals surface area contributed by atoms with Crippen LogP contribution in [-0.4, -0.2) is 68.9 Å². The van der Waals surface area contributed by atoms with Crippen LogP contribution >= 0.6 is 0 Å². The molecule has 1 aromatic heterocycles. The van der Waals surface area contributed by atoms with E-state index in [1.807, 2.05) is 25.3 Å². The molecule has 1 fully saturated rings. The van der Waals surface area contributed by atoms with E-state index in [1.165, 1.54) is 0 Å². The molecule has 7 nitrogen and oxygen atoms in total. The van der Waals surface area contributed by atoms with E-state index in [1.54, 1.807) is 7.11 Å². The second-order valence-electron chi connectivity index (χ2n) is 6.00. The Kier molecular flexibility index (Phi) is 6.61. The Bertz CT molecular complexity index is 486. The van der Waals surface area contributed by atoms with Gasteiger partial charge < -0.3 is 25.2 Å². The summed E-state index contributed by atoms with van der Waals surface area (Å²) in [5, 5.41) is 5.64. The normalized spacial score (nSPS) is 16.9. The third-order valence-corrected chi connectivity index (χ3v) is 3.88. The second kappa shape index (κ2) is 8.69. The van der Waals surface area contributed by atoms with Gasteiger partial charge >= 0.3 is 6.03 Å². The number of pyridine rings is 1. The Hall–Kier alpha value is -1.86. The fraction of sp³-hybridized carbons (Fsp3) is 0.625. The lowest BCUT2D eigenvalue weighted by molar-refractivity contribution is 0.171. The van der Waals surface area contributed by atoms with Crippen LogP contribution in [0.15, 0.2) is 18.3 Å². The number of hydrogen-bond donors (Lipinski definition) is 2. The van der Waals surface area contributed by atoms with E-state index in [0.717, 1.165) is 37.6 Å². The molecule has 0 radical (unpaired) electrons. The quantitative estimate of drug-likeness (QED) is 0.806. The number of hydrogen-bond acceptors (Lipinski definition) is 5. The highest BCUT2D eigenvalue weighted by molar-refractivity contribution is 5.74. The zero-order chi connectivity index (χ0) is 16.7. The van der Waals surface area contributed by atoms with Crippen molar-refractivity contribution in [3.63, 3.8) is 0 Å². The van der Waals surface area contributed by atoms with Gasteiger partial charge in [0.15, 0.2) is 0 Å². The number of carbonyl (C=O) groups is 1. The van der Waals surface area contributed by atoms with Crippen molar-refractivity contribution in [2.75, 3.05) is 51.8 Å². The molecule has 0 bridgehead atoms. The highest BCUT2D eigenvalue weighted by atomic mass is 16.5. The molecule has 0 aromatic carbocycles. The maximum atomic E-state index is 11.7. The summed E-state index contributed by atoms with van der Waals surface area (Å²) >= 11 is 0. The van der Waals surface area contributed by atoms with E-state index in [9.17, 15) is 4.79 Å². The molecule has 2 heterocycles. The van der Waals surface area contributed by atoms with Gasteiger partial charge in [-0.2, -0.15) is 0 Å². The fourth-order valence-electron chi connectivity index (χ4n) is 2.49. The zero-order valence-electron chi connectivity index (χ0n) is 14.2. The number of ether oxygens (including phenoxy) is 1. The number of amides is 2. The molecule has 7 heteroatoms. The van der Waals surface area contributed by atoms with Crippen LogP contribution in [0.2, 0.25) is 0 Å². The maximum absolute atomic E-state index is 11.7. The largest absolute Gasteiger partial charge is 0.383 e. The van der Waals surface area contributed by atoms with Crippen LogP contribution < -0.4 is 15.5 Å². The molecule has 23 heavy (non-hydrogen) atoms. The number of likely N-dealkylation sites (N-methyl/N-ethyl adjacent to an activating group) is 1. The van der Waals surface area contributed by atoms with E-state index < -0.39 is 0 Å². The number of nitrogens with one attached hydrogen (secondary N) is 2. The standard InChI is InChI=1S/C16H27N5O2/c1-13(12-23-3)19-16(22)18-11-14-4-5-15(17-10-14)21-8-6-20(2)7-9-21/h4-5,10,13H,6-9,11-12H2,1-3H3,(H2,18,19,22)/t13-/m1/s1. The Labute approximate surface area is 138 Å². The Morgan fingerprint density at radius 1 is 1.35 bits per heavy atom. The minimum Gasteiger partial charge on any atom is -0.383 e. The summed E-state index contributed by atoms with van der Waals surface area (Å²) in [5.41, 5.74) is 0.984. The Morgan fingerprint density at radius 3 is 2.70 bits per heavy atom. The minimum atomic E-state index is -0.197. The van der Waals surface area contributed by atoms with Crippen LogP contribution in [0.5, 0.6) is 0 Å². The van der Waals surface area contributed by atoms with Gasteiger partial charge in [0, 0.05) is 46.0 Å². The summed E-state index contributed by atoms with van der Waals surface area (Å²) in [7, 11) is 3.75. The Balaban J connectivity index is 1.77. The van der Waals surface area contributed by atoms with Crippen molar-refractivity contribution in [2.24, 2.45) is 0 Å². The maximum Gasteiger partial charge on any atom is 0.315 e. The lowest BCUT2D eigenvalue weighted by Crippen LogP contribution is -2.44. The van der Waals surface area contributed by atoms with Crippen LogP contribution in [0, 0.1) is 0 Å². The van der Waals surface area contributed by atoms with Crippen molar-refractivity contribution in [3.8, 4) is 0 Å². The van der Waals surface area contributed by atoms with Gasteiger partial charge in [-0.3, -0.25) is 0 Å². The molecule has 1 saturated heterocycles. The third-order valence-electron chi connectivity index (χ3n) is 3.88. The molecule has 1 aliphatic heterocycles. The number of urea groups is 1. The van der Waals surface area contributed by atoms with E-state index in [-0.39, 0.29) is 12.1 Å². The van der Waals surface area contributed by atoms with Gasteiger partial charge in [-0.1, -0.05) is 6.07 Å². The summed E-state index contributed by atoms with van der Waals surface area (Å²) in [5.74, 6) is 1.00. The van der Waals surface area contributed by atoms with Gasteiger partial charge in [0.25, 0.3) is 0 Å². The van der Waals surface area contributed by atoms with Gasteiger partial charge in [0.2, 0.25) is 0 Å². The monoisotopic (exact) mass is 321 g/mol. The van der Waals surface area contributed by atoms with Crippen LogP contribution in [0.1, 0.15) is 12.5 Å². The number of carbonyl (C=O) groups excluding carboxylic acids is 1. The van der Waals surface area contributed by atoms with E-state index >= 15 is 0 Å². The molecule has 1 aliphatic rings. The van der Waals surface area contributed by atoms with Crippen molar-refractivity contribution in [3.05, 3.63) is 23.9 Å². The minimum absolute atomic E-state index is 0.0160. The SMILES string of the molecule is COC[C@@H](C)NC(=O)NCc1ccc(N2CCN(C)CC2)nc1. The molecular weight excluding hydrogens is 294 g/mol. The summed E-state index contributed by atoms with van der Waals surface area (Å²) in [6.07, 6.45) is 1.83. The number of methoxy groups -OCH3 is 1. The molecular formula is C16H27N5O2. The van der Waals surface area contributed by atoms with Gasteiger partial charge in [0.05, 0.1) is 12.6 Å². The van der Waals surface area contributed by atoms with E-state index in [4.69, 9.17) is 4.74 Å². The molecule has 1 atom stereocenters. The second-order valence-corrected chi connectivity index (χ2v) is 6.00. The van der Waals surface area contributed by atoms with Gasteiger partial charge in [-0.25, -0.2) is 9.78 Å². The van der Waals surface area contributed by atoms with Crippen molar-refractivity contribution in [1.82, 2.24) is 20.5 Å². The Morgan fingerprint density at radius 2 is 2.09 bits per heavy atom. The van der Waals surface area contributed by atoms with Crippen molar-refractivity contribution in [1.29, 1.82) is 0 Å². The van der Waals surface area contributed by atoms with Crippen LogP contribution in [0.4, 0.5) is 10.6 Å². The molecule has 2 N–H and O–H groups in total. The first-order valence-electron chi connectivity index (χ1n) is 8.00.